The first kappa shape index (κ1) is 17.0. The standard InChI is InChI=1S/C16H18N2O4S/c19-12-4-11-17-16(20)13-7-9-15(10-8-13)23(21,22)18-14-5-2-1-3-6-14/h1-3,5-10,18-19H,4,11-12H2,(H,17,20). The van der Waals surface area contributed by atoms with Crippen LogP contribution in [0.15, 0.2) is 59.5 Å². The lowest BCUT2D eigenvalue weighted by molar-refractivity contribution is 0.0951. The highest BCUT2D eigenvalue weighted by Crippen LogP contribution is 2.16. The van der Waals surface area contributed by atoms with Gasteiger partial charge in [0.1, 0.15) is 0 Å². The Balaban J connectivity index is 2.08. The van der Waals surface area contributed by atoms with Crippen molar-refractivity contribution in [3.63, 3.8) is 0 Å². The maximum atomic E-state index is 12.3. The van der Waals surface area contributed by atoms with E-state index in [0.717, 1.165) is 0 Å². The van der Waals surface area contributed by atoms with Crippen LogP contribution in [-0.4, -0.2) is 32.6 Å². The Morgan fingerprint density at radius 3 is 2.26 bits per heavy atom. The maximum absolute atomic E-state index is 12.3. The molecule has 122 valence electrons. The molecule has 0 aliphatic heterocycles. The average molecular weight is 334 g/mol. The minimum absolute atomic E-state index is 0.00260. The fourth-order valence-corrected chi connectivity index (χ4v) is 2.95. The van der Waals surface area contributed by atoms with Crippen molar-refractivity contribution in [1.82, 2.24) is 5.32 Å². The van der Waals surface area contributed by atoms with Crippen molar-refractivity contribution >= 4 is 21.6 Å². The van der Waals surface area contributed by atoms with E-state index in [9.17, 15) is 13.2 Å². The number of sulfonamides is 1. The number of hydrogen-bond donors (Lipinski definition) is 3. The van der Waals surface area contributed by atoms with E-state index in [2.05, 4.69) is 10.0 Å². The number of para-hydroxylation sites is 1. The molecule has 23 heavy (non-hydrogen) atoms. The zero-order chi connectivity index (χ0) is 16.7. The van der Waals surface area contributed by atoms with Crippen LogP contribution in [0.2, 0.25) is 0 Å². The molecule has 2 aromatic rings. The normalized spacial score (nSPS) is 11.0. The summed E-state index contributed by atoms with van der Waals surface area (Å²) in [5.74, 6) is -0.307. The van der Waals surface area contributed by atoms with Crippen LogP contribution in [0.25, 0.3) is 0 Å². The molecular formula is C16H18N2O4S. The van der Waals surface area contributed by atoms with Gasteiger partial charge in [0.25, 0.3) is 15.9 Å². The minimum Gasteiger partial charge on any atom is -0.396 e. The Bertz CT molecular complexity index is 743. The lowest BCUT2D eigenvalue weighted by Gasteiger charge is -2.09. The van der Waals surface area contributed by atoms with Crippen molar-refractivity contribution in [3.8, 4) is 0 Å². The van der Waals surface area contributed by atoms with Crippen LogP contribution < -0.4 is 10.0 Å². The molecule has 1 amide bonds. The van der Waals surface area contributed by atoms with Gasteiger partial charge in [-0.1, -0.05) is 18.2 Å². The third kappa shape index (κ3) is 4.80. The molecule has 3 N–H and O–H groups in total. The van der Waals surface area contributed by atoms with Gasteiger partial charge in [0.15, 0.2) is 0 Å². The molecule has 0 atom stereocenters. The van der Waals surface area contributed by atoms with Crippen LogP contribution in [0.4, 0.5) is 5.69 Å². The Hall–Kier alpha value is -2.38. The molecule has 0 radical (unpaired) electrons. The lowest BCUT2D eigenvalue weighted by atomic mass is 10.2. The zero-order valence-corrected chi connectivity index (χ0v) is 13.2. The Morgan fingerprint density at radius 1 is 1.00 bits per heavy atom. The summed E-state index contributed by atoms with van der Waals surface area (Å²) in [5, 5.41) is 11.3. The van der Waals surface area contributed by atoms with E-state index in [1.54, 1.807) is 30.3 Å². The molecule has 6 nitrogen and oxygen atoms in total. The van der Waals surface area contributed by atoms with Crippen LogP contribution in [-0.2, 0) is 10.0 Å². The summed E-state index contributed by atoms with van der Waals surface area (Å²) in [6.45, 7) is 0.369. The van der Waals surface area contributed by atoms with Crippen LogP contribution >= 0.6 is 0 Å². The lowest BCUT2D eigenvalue weighted by Crippen LogP contribution is -2.25. The van der Waals surface area contributed by atoms with Gasteiger partial charge in [-0.05, 0) is 42.8 Å². The topological polar surface area (TPSA) is 95.5 Å². The summed E-state index contributed by atoms with van der Waals surface area (Å²) in [6.07, 6.45) is 0.471. The molecule has 7 heteroatoms. The summed E-state index contributed by atoms with van der Waals surface area (Å²) in [7, 11) is -3.69. The predicted octanol–water partition coefficient (Wildman–Crippen LogP) is 1.60. The fraction of sp³-hybridized carbons (Fsp3) is 0.188. The van der Waals surface area contributed by atoms with Crippen LogP contribution in [0, 0.1) is 0 Å². The summed E-state index contributed by atoms with van der Waals surface area (Å²) in [6, 6.07) is 14.2. The first-order valence-corrected chi connectivity index (χ1v) is 8.58. The summed E-state index contributed by atoms with van der Waals surface area (Å²) in [4.78, 5) is 11.9. The van der Waals surface area contributed by atoms with E-state index in [0.29, 0.717) is 24.2 Å². The number of hydrogen-bond acceptors (Lipinski definition) is 4. The number of benzene rings is 2. The summed E-state index contributed by atoms with van der Waals surface area (Å²) >= 11 is 0. The van der Waals surface area contributed by atoms with Gasteiger partial charge in [-0.2, -0.15) is 0 Å². The summed E-state index contributed by atoms with van der Waals surface area (Å²) in [5.41, 5.74) is 0.833. The van der Waals surface area contributed by atoms with E-state index in [1.807, 2.05) is 0 Å². The van der Waals surface area contributed by atoms with Gasteiger partial charge in [0.2, 0.25) is 0 Å². The number of carbonyl (C=O) groups is 1. The summed E-state index contributed by atoms with van der Waals surface area (Å²) < 4.78 is 27.0. The molecule has 2 rings (SSSR count). The quantitative estimate of drug-likeness (QED) is 0.670. The number of anilines is 1. The van der Waals surface area contributed by atoms with Gasteiger partial charge in [-0.3, -0.25) is 9.52 Å². The molecule has 0 saturated carbocycles. The smallest absolute Gasteiger partial charge is 0.261 e. The van der Waals surface area contributed by atoms with E-state index < -0.39 is 10.0 Å². The van der Waals surface area contributed by atoms with Gasteiger partial charge in [-0.25, -0.2) is 8.42 Å². The second-order valence-corrected chi connectivity index (χ2v) is 6.51. The molecule has 0 aromatic heterocycles. The minimum atomic E-state index is -3.69. The van der Waals surface area contributed by atoms with Crippen LogP contribution in [0.3, 0.4) is 0 Å². The number of amides is 1. The molecule has 0 unspecified atom stereocenters. The van der Waals surface area contributed by atoms with Crippen molar-refractivity contribution in [3.05, 3.63) is 60.2 Å². The molecule has 0 spiro atoms. The number of aliphatic hydroxyl groups is 1. The van der Waals surface area contributed by atoms with E-state index in [1.165, 1.54) is 24.3 Å². The Kier molecular flexibility index (Phi) is 5.72. The number of aliphatic hydroxyl groups excluding tert-OH is 1. The zero-order valence-electron chi connectivity index (χ0n) is 12.4. The largest absolute Gasteiger partial charge is 0.396 e. The van der Waals surface area contributed by atoms with Crippen LogP contribution in [0.5, 0.6) is 0 Å². The Morgan fingerprint density at radius 2 is 1.65 bits per heavy atom. The first-order valence-electron chi connectivity index (χ1n) is 7.10. The fourth-order valence-electron chi connectivity index (χ4n) is 1.89. The van der Waals surface area contributed by atoms with Gasteiger partial charge >= 0.3 is 0 Å². The van der Waals surface area contributed by atoms with Crippen molar-refractivity contribution in [2.45, 2.75) is 11.3 Å². The average Bonchev–Trinajstić information content (AvgIpc) is 2.55. The second kappa shape index (κ2) is 7.75. The highest BCUT2D eigenvalue weighted by Gasteiger charge is 2.15. The molecule has 0 fully saturated rings. The molecule has 0 bridgehead atoms. The maximum Gasteiger partial charge on any atom is 0.261 e. The van der Waals surface area contributed by atoms with Gasteiger partial charge in [0.05, 0.1) is 4.90 Å². The third-order valence-corrected chi connectivity index (χ3v) is 4.47. The van der Waals surface area contributed by atoms with E-state index in [4.69, 9.17) is 5.11 Å². The number of carbonyl (C=O) groups excluding carboxylic acids is 1. The monoisotopic (exact) mass is 334 g/mol. The second-order valence-electron chi connectivity index (χ2n) is 4.83. The SMILES string of the molecule is O=C(NCCCO)c1ccc(S(=O)(=O)Nc2ccccc2)cc1. The van der Waals surface area contributed by atoms with Crippen molar-refractivity contribution < 1.29 is 18.3 Å². The van der Waals surface area contributed by atoms with E-state index >= 15 is 0 Å². The Labute approximate surface area is 135 Å². The molecule has 2 aromatic carbocycles. The van der Waals surface area contributed by atoms with Gasteiger partial charge in [-0.15, -0.1) is 0 Å². The highest BCUT2D eigenvalue weighted by molar-refractivity contribution is 7.92. The molecular weight excluding hydrogens is 316 g/mol. The van der Waals surface area contributed by atoms with Crippen molar-refractivity contribution in [1.29, 1.82) is 0 Å². The van der Waals surface area contributed by atoms with Gasteiger partial charge < -0.3 is 10.4 Å². The van der Waals surface area contributed by atoms with Crippen LogP contribution in [0.1, 0.15) is 16.8 Å². The predicted molar refractivity (Wildman–Crippen MR) is 87.7 cm³/mol. The molecule has 0 aliphatic carbocycles. The number of nitrogens with one attached hydrogen (secondary N) is 2. The van der Waals surface area contributed by atoms with Crippen molar-refractivity contribution in [2.24, 2.45) is 0 Å². The third-order valence-electron chi connectivity index (χ3n) is 3.07. The number of rotatable bonds is 7. The van der Waals surface area contributed by atoms with Crippen molar-refractivity contribution in [2.75, 3.05) is 17.9 Å². The molecule has 0 aliphatic rings. The molecule has 0 saturated heterocycles. The molecule has 0 heterocycles. The first-order chi connectivity index (χ1) is 11.0. The van der Waals surface area contributed by atoms with E-state index in [-0.39, 0.29) is 17.4 Å². The van der Waals surface area contributed by atoms with Gasteiger partial charge in [0, 0.05) is 24.4 Å². The highest BCUT2D eigenvalue weighted by atomic mass is 32.2.